The number of hydrogen-bond donors (Lipinski definition) is 6. The van der Waals surface area contributed by atoms with Gasteiger partial charge in [-0.15, -0.1) is 0 Å². The number of pyridine rings is 1. The van der Waals surface area contributed by atoms with Gasteiger partial charge in [0.25, 0.3) is 12.2 Å². The van der Waals surface area contributed by atoms with Crippen molar-refractivity contribution in [3.05, 3.63) is 340 Å². The van der Waals surface area contributed by atoms with Crippen LogP contribution in [0.2, 0.25) is 0 Å². The van der Waals surface area contributed by atoms with Gasteiger partial charge in [0, 0.05) is 86.6 Å². The summed E-state index contributed by atoms with van der Waals surface area (Å²) in [5, 5.41) is 71.1. The smallest absolute Gasteiger partial charge is 0.407 e. The predicted molar refractivity (Wildman–Crippen MR) is 521 cm³/mol. The fourth-order valence-electron chi connectivity index (χ4n) is 12.9. The van der Waals surface area contributed by atoms with Crippen LogP contribution in [0.5, 0.6) is 17.2 Å². The number of aliphatic hydroxyl groups is 4. The quantitative estimate of drug-likeness (QED) is 0.0105. The van der Waals surface area contributed by atoms with Crippen molar-refractivity contribution in [2.75, 3.05) is 64.9 Å². The molecule has 0 radical (unpaired) electrons. The summed E-state index contributed by atoms with van der Waals surface area (Å²) < 4.78 is 39.5. The van der Waals surface area contributed by atoms with Crippen LogP contribution in [0.15, 0.2) is 320 Å². The standard InChI is InChI=1S/C21H16N2OS.C17H15N3O2S.C16H16N2O3S.C14H12N4O2S.C14H11N3O3S.C13H25N3O3S/c24-18-11-13-19(14-12-18)25-23-15-22-20(16-7-3-1-4-8-16)21(23)17-9-5-2-6-10-17;1-18-12-17-19-15-4-2-3-5-16(15)20(17)23-14-8-6-13(7-9-14)22-11-10-21;19-9-10-21-12-5-7-13(8-6-12)22-18-15-4-2-1-3-14(15)17-16(18)11-20;19-18(20)12-7-4-8-16-14(12)21-17-10-9-15-13(17)11-5-2-1-3-6-11;18-9-14-15-10-5-1-2-6-11(10)16(14)21-13-8-4-3-7-12(13)17(19)20;1-5-6-11-14-7-9-16(11)20(18)10-8-15-12(17)19-13(2,3)4/h1-15,24H;2-9,21H,10-12H2;1-8,19-20H,9-11H2;1-8H,9-10H2;1-8,18H,9H2;5-10H2,1-4H3,(H,15,17). The maximum atomic E-state index is 12.2. The van der Waals surface area contributed by atoms with Gasteiger partial charge in [0.05, 0.1) is 99.5 Å². The van der Waals surface area contributed by atoms with E-state index >= 15 is 0 Å². The van der Waals surface area contributed by atoms with Crippen molar-refractivity contribution >= 4 is 133 Å². The van der Waals surface area contributed by atoms with Gasteiger partial charge in [0.1, 0.15) is 94.8 Å². The molecule has 7 heterocycles. The van der Waals surface area contributed by atoms with E-state index in [2.05, 4.69) is 80.2 Å². The van der Waals surface area contributed by atoms with Crippen molar-refractivity contribution in [3.63, 3.8) is 0 Å². The van der Waals surface area contributed by atoms with E-state index in [9.17, 15) is 44.6 Å². The Morgan fingerprint density at radius 3 is 1.55 bits per heavy atom. The summed E-state index contributed by atoms with van der Waals surface area (Å²) in [6, 6.07) is 85.3. The van der Waals surface area contributed by atoms with E-state index in [1.165, 1.54) is 59.9 Å². The van der Waals surface area contributed by atoms with Crippen molar-refractivity contribution in [2.24, 2.45) is 9.98 Å². The summed E-state index contributed by atoms with van der Waals surface area (Å²) in [5.74, 6) is 5.66. The molecule has 0 bridgehead atoms. The highest BCUT2D eigenvalue weighted by Crippen LogP contribution is 2.39. The molecule has 15 aromatic rings. The highest BCUT2D eigenvalue weighted by Gasteiger charge is 2.27. The number of aliphatic imine (C=N–C) groups is 2. The minimum absolute atomic E-state index is 0.00247. The van der Waals surface area contributed by atoms with Gasteiger partial charge in [-0.05, 0) is 184 Å². The first-order valence-corrected chi connectivity index (χ1v) is 46.7. The lowest BCUT2D eigenvalue weighted by Gasteiger charge is -2.21. The summed E-state index contributed by atoms with van der Waals surface area (Å²) in [5.41, 5.74) is 10.0. The summed E-state index contributed by atoms with van der Waals surface area (Å²) in [6.07, 6.45) is 4.78. The number of hydrogen-bond acceptors (Lipinski definition) is 27. The molecule has 1 unspecified atom stereocenters. The zero-order chi connectivity index (χ0) is 93.1. The Labute approximate surface area is 786 Å². The number of nitro benzene ring substituents is 1. The van der Waals surface area contributed by atoms with Crippen LogP contribution in [0.25, 0.3) is 60.5 Å². The number of carbonyl (C=O) groups is 1. The number of benzene rings is 10. The van der Waals surface area contributed by atoms with E-state index < -0.39 is 32.5 Å². The van der Waals surface area contributed by atoms with E-state index in [0.717, 1.165) is 118 Å². The SMILES string of the molecule is CCCC1=NCCN1S(=O)CCNC(=O)OC(C)(C)C.O=[N+]([O-])c1ccccc1Sn1c(CO)nc2ccccc21.O=[N+]([O-])c1cccnc1SN1CCN=C1c1ccccc1.OCCOc1ccc(Sn2c(CO)nc3ccccc32)cc1.Oc1ccc(Sn2cnc(-c3ccccc3)c2-c2ccccc2)cc1.[C-]#[N+]Cc1nc2ccccc2n1Sc1ccc(OCCO)cc1. The van der Waals surface area contributed by atoms with Gasteiger partial charge in [-0.25, -0.2) is 40.5 Å². The molecule has 10 aromatic carbocycles. The van der Waals surface area contributed by atoms with Gasteiger partial charge in [0.2, 0.25) is 5.82 Å². The summed E-state index contributed by atoms with van der Waals surface area (Å²) in [7, 11) is -1.13. The molecule has 0 fully saturated rings. The van der Waals surface area contributed by atoms with Gasteiger partial charge in [-0.2, -0.15) is 0 Å². The third kappa shape index (κ3) is 27.6. The largest absolute Gasteiger partial charge is 0.508 e. The first kappa shape index (κ1) is 97.7. The Morgan fingerprint density at radius 2 is 1.02 bits per heavy atom. The Bertz CT molecular complexity index is 6430. The topological polar surface area (TPSA) is 381 Å². The van der Waals surface area contributed by atoms with E-state index in [0.29, 0.717) is 60.0 Å². The zero-order valence-electron chi connectivity index (χ0n) is 72.3. The number of fused-ring (bicyclic) bond motifs is 3. The fourth-order valence-corrected chi connectivity index (χ4v) is 18.8. The minimum Gasteiger partial charge on any atom is -0.508 e. The molecule has 1 amide bonds. The lowest BCUT2D eigenvalue weighted by molar-refractivity contribution is -0.388. The number of phenolic OH excluding ortho intramolecular Hbond substituents is 1. The second kappa shape index (κ2) is 49.6. The van der Waals surface area contributed by atoms with E-state index in [4.69, 9.17) is 31.0 Å². The molecule has 2 aliphatic rings. The maximum Gasteiger partial charge on any atom is 0.407 e. The van der Waals surface area contributed by atoms with E-state index in [1.54, 1.807) is 58.5 Å². The van der Waals surface area contributed by atoms with Crippen molar-refractivity contribution in [3.8, 4) is 39.8 Å². The van der Waals surface area contributed by atoms with Gasteiger partial charge < -0.3 is 49.9 Å². The van der Waals surface area contributed by atoms with Crippen molar-refractivity contribution < 1.29 is 58.6 Å². The monoisotopic (exact) mass is 1890 g/mol. The molecule has 0 saturated carbocycles. The molecular weight excluding hydrogens is 1800 g/mol. The predicted octanol–water partition coefficient (Wildman–Crippen LogP) is 18.8. The lowest BCUT2D eigenvalue weighted by Crippen LogP contribution is -2.37. The van der Waals surface area contributed by atoms with Gasteiger partial charge in [-0.3, -0.25) is 54.7 Å². The van der Waals surface area contributed by atoms with Crippen LogP contribution in [0.3, 0.4) is 0 Å². The maximum absolute atomic E-state index is 12.2. The van der Waals surface area contributed by atoms with E-state index in [1.807, 2.05) is 244 Å². The molecule has 132 heavy (non-hydrogen) atoms. The Hall–Kier alpha value is -13.4. The number of rotatable bonds is 30. The number of amidine groups is 2. The number of aromatic nitrogens is 9. The van der Waals surface area contributed by atoms with Gasteiger partial charge in [-0.1, -0.05) is 146 Å². The van der Waals surface area contributed by atoms with E-state index in [-0.39, 0.29) is 63.3 Å². The molecule has 5 aromatic heterocycles. The van der Waals surface area contributed by atoms with Crippen LogP contribution in [-0.2, 0) is 35.5 Å². The molecule has 6 N–H and O–H groups in total. The number of carbonyl (C=O) groups excluding carboxylic acids is 1. The number of amides is 1. The number of aliphatic hydroxyl groups excluding tert-OH is 4. The number of alkyl carbamates (subject to hydrolysis) is 1. The lowest BCUT2D eigenvalue weighted by atomic mass is 10.1. The number of para-hydroxylation sites is 7. The Morgan fingerprint density at radius 1 is 0.545 bits per heavy atom. The van der Waals surface area contributed by atoms with Crippen LogP contribution in [0.1, 0.15) is 63.6 Å². The van der Waals surface area contributed by atoms with Crippen LogP contribution < -0.4 is 14.8 Å². The van der Waals surface area contributed by atoms with Crippen LogP contribution in [0.4, 0.5) is 16.2 Å². The molecule has 1 atom stereocenters. The second-order valence-electron chi connectivity index (χ2n) is 29.2. The summed E-state index contributed by atoms with van der Waals surface area (Å²) in [6.45, 7) is 18.2. The third-order valence-electron chi connectivity index (χ3n) is 18.7. The number of imidazole rings is 4. The minimum atomic E-state index is -1.13. The summed E-state index contributed by atoms with van der Waals surface area (Å²) in [4.78, 5) is 70.7. The third-order valence-corrected chi connectivity index (χ3v) is 25.4. The molecule has 31 nitrogen and oxygen atoms in total. The number of aromatic hydroxyl groups is 1. The molecule has 17 rings (SSSR count). The van der Waals surface area contributed by atoms with Crippen LogP contribution >= 0.6 is 59.7 Å². The zero-order valence-corrected chi connectivity index (χ0v) is 77.2. The van der Waals surface area contributed by atoms with Gasteiger partial charge in [0.15, 0.2) is 5.03 Å². The van der Waals surface area contributed by atoms with Crippen molar-refractivity contribution in [1.82, 2.24) is 54.7 Å². The van der Waals surface area contributed by atoms with Gasteiger partial charge >= 0.3 is 11.8 Å². The first-order chi connectivity index (χ1) is 64.2. The van der Waals surface area contributed by atoms with Crippen molar-refractivity contribution in [1.29, 1.82) is 0 Å². The average molecular weight is 1890 g/mol. The number of phenols is 1. The fraction of sp³-hybridized carbons (Fsp3) is 0.211. The van der Waals surface area contributed by atoms with Crippen LogP contribution in [-0.4, -0.2) is 177 Å². The molecule has 0 spiro atoms. The summed E-state index contributed by atoms with van der Waals surface area (Å²) >= 11 is 7.04. The van der Waals surface area contributed by atoms with Crippen LogP contribution in [0, 0.1) is 26.8 Å². The molecule has 0 aliphatic carbocycles. The number of nitro groups is 2. The molecule has 37 heteroatoms. The Kier molecular flexibility index (Phi) is 36.7. The first-order valence-electron chi connectivity index (χ1n) is 41.6. The molecule has 2 aliphatic heterocycles. The second-order valence-corrected chi connectivity index (χ2v) is 35.8. The number of ether oxygens (including phenoxy) is 3. The Balaban J connectivity index is 0.000000143. The normalized spacial score (nSPS) is 12.2. The molecule has 0 saturated heterocycles. The van der Waals surface area contributed by atoms with Crippen molar-refractivity contribution in [2.45, 2.75) is 90.5 Å². The molecular formula is C95H95N17O14S6. The highest BCUT2D eigenvalue weighted by molar-refractivity contribution is 7.99. The molecule has 680 valence electrons. The number of nitrogens with zero attached hydrogens (tertiary/aromatic N) is 16. The number of nitrogens with one attached hydrogen (secondary N) is 1. The average Bonchev–Trinajstić information content (AvgIpc) is 1.65. The highest BCUT2D eigenvalue weighted by atomic mass is 32.2.